The summed E-state index contributed by atoms with van der Waals surface area (Å²) in [6.45, 7) is 0. The van der Waals surface area contributed by atoms with Crippen molar-refractivity contribution in [1.29, 1.82) is 0 Å². The van der Waals surface area contributed by atoms with Crippen LogP contribution in [-0.2, 0) is 0 Å². The second kappa shape index (κ2) is 6.26. The Labute approximate surface area is 123 Å². The van der Waals surface area contributed by atoms with Crippen molar-refractivity contribution in [1.82, 2.24) is 15.0 Å². The molecule has 1 aromatic carbocycles. The molecule has 0 aliphatic heterocycles. The van der Waals surface area contributed by atoms with Crippen LogP contribution in [0.2, 0.25) is 0 Å². The van der Waals surface area contributed by atoms with Gasteiger partial charge in [-0.2, -0.15) is 0 Å². The maximum absolute atomic E-state index is 13.6. The first-order valence-corrected chi connectivity index (χ1v) is 6.04. The molecule has 0 saturated heterocycles. The number of hydrogen-bond acceptors (Lipinski definition) is 7. The molecule has 0 spiro atoms. The molecule has 116 valence electrons. The normalized spacial score (nSPS) is 10.6. The van der Waals surface area contributed by atoms with Gasteiger partial charge >= 0.3 is 5.69 Å². The molecule has 0 atom stereocenters. The predicted octanol–water partition coefficient (Wildman–Crippen LogP) is 2.30. The molecule has 0 fully saturated rings. The summed E-state index contributed by atoms with van der Waals surface area (Å²) in [5.41, 5.74) is 1.89. The Morgan fingerprint density at radius 3 is 2.55 bits per heavy atom. The molecule has 0 bridgehead atoms. The molecule has 0 unspecified atom stereocenters. The van der Waals surface area contributed by atoms with E-state index in [1.54, 1.807) is 14.1 Å². The van der Waals surface area contributed by atoms with Crippen molar-refractivity contribution in [3.63, 3.8) is 0 Å². The van der Waals surface area contributed by atoms with Gasteiger partial charge in [0, 0.05) is 20.2 Å². The van der Waals surface area contributed by atoms with E-state index in [0.717, 1.165) is 24.5 Å². The smallest absolute Gasteiger partial charge is 0.332 e. The van der Waals surface area contributed by atoms with Crippen LogP contribution in [0.15, 0.2) is 24.5 Å². The fraction of sp³-hybridized carbons (Fsp3) is 0.167. The lowest BCUT2D eigenvalue weighted by Gasteiger charge is -2.14. The third kappa shape index (κ3) is 3.41. The van der Waals surface area contributed by atoms with Crippen molar-refractivity contribution in [2.75, 3.05) is 24.8 Å². The van der Waals surface area contributed by atoms with Gasteiger partial charge in [0.25, 0.3) is 0 Å². The average Bonchev–Trinajstić information content (AvgIpc) is 2.42. The molecule has 2 rings (SSSR count). The average molecular weight is 310 g/mol. The first-order chi connectivity index (χ1) is 10.4. The Balaban J connectivity index is 2.46. The van der Waals surface area contributed by atoms with Crippen LogP contribution in [-0.4, -0.2) is 34.0 Å². The zero-order valence-corrected chi connectivity index (χ0v) is 11.7. The van der Waals surface area contributed by atoms with E-state index in [2.05, 4.69) is 20.7 Å². The van der Waals surface area contributed by atoms with Gasteiger partial charge in [0.2, 0.25) is 11.6 Å². The van der Waals surface area contributed by atoms with Gasteiger partial charge in [-0.15, -0.1) is 0 Å². The zero-order chi connectivity index (χ0) is 16.3. The SMILES string of the molecule is CN(C)Nc1ncnc(Nc2cc(F)ccc2F)c1[N+](=O)[O-]. The zero-order valence-electron chi connectivity index (χ0n) is 11.7. The van der Waals surface area contributed by atoms with E-state index < -0.39 is 22.2 Å². The van der Waals surface area contributed by atoms with Gasteiger partial charge in [0.1, 0.15) is 18.0 Å². The Bertz CT molecular complexity index is 710. The number of rotatable bonds is 5. The molecule has 2 aromatic rings. The number of anilines is 3. The summed E-state index contributed by atoms with van der Waals surface area (Å²) in [5, 5.41) is 15.1. The molecule has 0 aliphatic carbocycles. The summed E-state index contributed by atoms with van der Waals surface area (Å²) in [6.07, 6.45) is 1.07. The van der Waals surface area contributed by atoms with Crippen molar-refractivity contribution in [3.05, 3.63) is 46.3 Å². The molecule has 22 heavy (non-hydrogen) atoms. The molecule has 0 amide bonds. The molecule has 2 N–H and O–H groups in total. The highest BCUT2D eigenvalue weighted by molar-refractivity contribution is 5.73. The first-order valence-electron chi connectivity index (χ1n) is 6.04. The summed E-state index contributed by atoms with van der Waals surface area (Å²) in [6, 6.07) is 2.72. The van der Waals surface area contributed by atoms with E-state index in [0.29, 0.717) is 0 Å². The maximum atomic E-state index is 13.6. The minimum absolute atomic E-state index is 0.0793. The van der Waals surface area contributed by atoms with Gasteiger partial charge in [-0.05, 0) is 12.1 Å². The van der Waals surface area contributed by atoms with E-state index in [1.807, 2.05) is 0 Å². The van der Waals surface area contributed by atoms with Gasteiger partial charge in [0.05, 0.1) is 10.6 Å². The number of nitrogens with zero attached hydrogens (tertiary/aromatic N) is 4. The van der Waals surface area contributed by atoms with Crippen molar-refractivity contribution in [2.24, 2.45) is 0 Å². The predicted molar refractivity (Wildman–Crippen MR) is 75.6 cm³/mol. The Morgan fingerprint density at radius 2 is 1.91 bits per heavy atom. The fourth-order valence-corrected chi connectivity index (χ4v) is 1.66. The van der Waals surface area contributed by atoms with Crippen LogP contribution in [0, 0.1) is 21.7 Å². The standard InChI is InChI=1S/C12H12F2N6O2/c1-19(2)18-12-10(20(21)22)11(15-6-16-12)17-9-5-7(13)3-4-8(9)14/h3-6H,1-2H3,(H2,15,16,17,18). The van der Waals surface area contributed by atoms with Gasteiger partial charge in [0.15, 0.2) is 0 Å². The van der Waals surface area contributed by atoms with Crippen LogP contribution in [0.3, 0.4) is 0 Å². The summed E-state index contributed by atoms with van der Waals surface area (Å²) < 4.78 is 26.8. The van der Waals surface area contributed by atoms with E-state index in [-0.39, 0.29) is 17.3 Å². The first kappa shape index (κ1) is 15.5. The minimum Gasteiger partial charge on any atom is -0.332 e. The van der Waals surface area contributed by atoms with Crippen LogP contribution in [0.4, 0.5) is 31.8 Å². The Morgan fingerprint density at radius 1 is 1.23 bits per heavy atom. The van der Waals surface area contributed by atoms with Crippen molar-refractivity contribution >= 4 is 23.0 Å². The lowest BCUT2D eigenvalue weighted by atomic mass is 10.3. The number of nitro groups is 1. The second-order valence-corrected chi connectivity index (χ2v) is 4.43. The van der Waals surface area contributed by atoms with E-state index >= 15 is 0 Å². The topological polar surface area (TPSA) is 96.2 Å². The Kier molecular flexibility index (Phi) is 4.41. The number of hydrogen-bond donors (Lipinski definition) is 2. The van der Waals surface area contributed by atoms with Crippen LogP contribution in [0.1, 0.15) is 0 Å². The molecule has 0 aliphatic rings. The minimum atomic E-state index is -0.767. The number of hydrazine groups is 1. The maximum Gasteiger partial charge on any atom is 0.354 e. The highest BCUT2D eigenvalue weighted by Crippen LogP contribution is 2.32. The quantitative estimate of drug-likeness (QED) is 0.646. The monoisotopic (exact) mass is 310 g/mol. The van der Waals surface area contributed by atoms with Crippen molar-refractivity contribution in [3.8, 4) is 0 Å². The van der Waals surface area contributed by atoms with Crippen LogP contribution >= 0.6 is 0 Å². The van der Waals surface area contributed by atoms with Crippen molar-refractivity contribution in [2.45, 2.75) is 0 Å². The second-order valence-electron chi connectivity index (χ2n) is 4.43. The number of halogens is 2. The molecular formula is C12H12F2N6O2. The van der Waals surface area contributed by atoms with E-state index in [1.165, 1.54) is 5.01 Å². The number of benzene rings is 1. The fourth-order valence-electron chi connectivity index (χ4n) is 1.66. The number of nitrogens with one attached hydrogen (secondary N) is 2. The molecule has 10 heteroatoms. The van der Waals surface area contributed by atoms with Gasteiger partial charge in [-0.25, -0.2) is 23.8 Å². The summed E-state index contributed by atoms with van der Waals surface area (Å²) in [5.74, 6) is -1.79. The van der Waals surface area contributed by atoms with Crippen molar-refractivity contribution < 1.29 is 13.7 Å². The van der Waals surface area contributed by atoms with Crippen LogP contribution in [0.25, 0.3) is 0 Å². The molecule has 0 radical (unpaired) electrons. The van der Waals surface area contributed by atoms with Gasteiger partial charge in [-0.3, -0.25) is 15.5 Å². The van der Waals surface area contributed by atoms with E-state index in [9.17, 15) is 18.9 Å². The lowest BCUT2D eigenvalue weighted by molar-refractivity contribution is -0.383. The molecule has 1 aromatic heterocycles. The lowest BCUT2D eigenvalue weighted by Crippen LogP contribution is -2.21. The molecular weight excluding hydrogens is 298 g/mol. The molecule has 1 heterocycles. The summed E-state index contributed by atoms with van der Waals surface area (Å²) >= 11 is 0. The van der Waals surface area contributed by atoms with E-state index in [4.69, 9.17) is 0 Å². The van der Waals surface area contributed by atoms with Crippen LogP contribution in [0.5, 0.6) is 0 Å². The summed E-state index contributed by atoms with van der Waals surface area (Å²) in [7, 11) is 3.23. The summed E-state index contributed by atoms with van der Waals surface area (Å²) in [4.78, 5) is 18.0. The third-order valence-electron chi connectivity index (χ3n) is 2.52. The molecule has 8 nitrogen and oxygen atoms in total. The van der Waals surface area contributed by atoms with Crippen LogP contribution < -0.4 is 10.7 Å². The van der Waals surface area contributed by atoms with Gasteiger partial charge < -0.3 is 5.32 Å². The highest BCUT2D eigenvalue weighted by Gasteiger charge is 2.24. The largest absolute Gasteiger partial charge is 0.354 e. The third-order valence-corrected chi connectivity index (χ3v) is 2.52. The van der Waals surface area contributed by atoms with Gasteiger partial charge in [-0.1, -0.05) is 0 Å². The number of aromatic nitrogens is 2. The Hall–Kier alpha value is -2.88. The molecule has 0 saturated carbocycles. The highest BCUT2D eigenvalue weighted by atomic mass is 19.1.